The molecule has 1 fully saturated rings. The van der Waals surface area contributed by atoms with Crippen LogP contribution in [0, 0.1) is 11.3 Å². The van der Waals surface area contributed by atoms with Gasteiger partial charge >= 0.3 is 0 Å². The zero-order valence-electron chi connectivity index (χ0n) is 25.2. The first-order valence-corrected chi connectivity index (χ1v) is 14.6. The number of carbonyl (C=O) groups is 1. The van der Waals surface area contributed by atoms with Crippen molar-refractivity contribution in [2.45, 2.75) is 45.3 Å². The van der Waals surface area contributed by atoms with E-state index in [9.17, 15) is 10.4 Å². The average molecular weight is 584 g/mol. The van der Waals surface area contributed by atoms with E-state index in [4.69, 9.17) is 14.3 Å². The highest BCUT2D eigenvalue weighted by Crippen LogP contribution is 2.34. The molecule has 2 aromatic heterocycles. The lowest BCUT2D eigenvalue weighted by Gasteiger charge is -2.28. The van der Waals surface area contributed by atoms with E-state index < -0.39 is 0 Å². The molecule has 9 nitrogen and oxygen atoms in total. The fourth-order valence-corrected chi connectivity index (χ4v) is 5.19. The Morgan fingerprint density at radius 1 is 1.09 bits per heavy atom. The minimum absolute atomic E-state index is 0.00353. The molecule has 1 aliphatic rings. The van der Waals surface area contributed by atoms with Crippen LogP contribution in [0.4, 0.5) is 5.69 Å². The van der Waals surface area contributed by atoms with Gasteiger partial charge in [0.25, 0.3) is 0 Å². The predicted octanol–water partition coefficient (Wildman–Crippen LogP) is 5.33. The maximum atomic E-state index is 9.98. The Kier molecular flexibility index (Phi) is 10.9. The highest BCUT2D eigenvalue weighted by atomic mass is 16.5. The number of morpholine rings is 1. The molecule has 0 bridgehead atoms. The van der Waals surface area contributed by atoms with Crippen molar-refractivity contribution in [3.8, 4) is 34.2 Å². The van der Waals surface area contributed by atoms with Crippen LogP contribution < -0.4 is 15.0 Å². The summed E-state index contributed by atoms with van der Waals surface area (Å²) in [6, 6.07) is 20.7. The van der Waals surface area contributed by atoms with Crippen molar-refractivity contribution in [1.29, 1.82) is 5.26 Å². The lowest BCUT2D eigenvalue weighted by Crippen LogP contribution is -2.38. The van der Waals surface area contributed by atoms with E-state index in [-0.39, 0.29) is 18.2 Å². The second-order valence-electron chi connectivity index (χ2n) is 11.5. The molecule has 0 radical (unpaired) electrons. The van der Waals surface area contributed by atoms with Gasteiger partial charge in [0.15, 0.2) is 0 Å². The van der Waals surface area contributed by atoms with Crippen molar-refractivity contribution >= 4 is 23.5 Å². The number of pyridine rings is 1. The third-order valence-electron chi connectivity index (χ3n) is 7.36. The Labute approximate surface area is 253 Å². The van der Waals surface area contributed by atoms with Gasteiger partial charge in [-0.1, -0.05) is 18.2 Å². The molecule has 0 spiro atoms. The fraction of sp³-hybridized carbons (Fsp3) is 0.382. The number of carbonyl (C=O) groups excluding carboxylic acids is 1. The second-order valence-corrected chi connectivity index (χ2v) is 11.5. The Hall–Kier alpha value is -4.23. The van der Waals surface area contributed by atoms with E-state index in [1.54, 1.807) is 6.20 Å². The number of nitriles is 1. The molecule has 0 amide bonds. The first-order chi connectivity index (χ1) is 20.8. The van der Waals surface area contributed by atoms with E-state index >= 15 is 0 Å². The summed E-state index contributed by atoms with van der Waals surface area (Å²) in [6.07, 6.45) is 2.83. The van der Waals surface area contributed by atoms with Crippen LogP contribution in [-0.2, 0) is 9.53 Å². The van der Waals surface area contributed by atoms with Gasteiger partial charge in [-0.3, -0.25) is 0 Å². The summed E-state index contributed by atoms with van der Waals surface area (Å²) in [4.78, 5) is 18.4. The quantitative estimate of drug-likeness (QED) is 0.229. The van der Waals surface area contributed by atoms with Crippen molar-refractivity contribution < 1.29 is 19.4 Å². The van der Waals surface area contributed by atoms with Crippen LogP contribution in [-0.4, -0.2) is 73.0 Å². The molecule has 1 unspecified atom stereocenters. The van der Waals surface area contributed by atoms with Gasteiger partial charge < -0.3 is 34.6 Å². The van der Waals surface area contributed by atoms with Crippen molar-refractivity contribution in [3.63, 3.8) is 0 Å². The number of nitrogens with one attached hydrogen (secondary N) is 2. The van der Waals surface area contributed by atoms with E-state index in [1.807, 2.05) is 31.1 Å². The zero-order valence-corrected chi connectivity index (χ0v) is 25.2. The van der Waals surface area contributed by atoms with Crippen LogP contribution in [0.15, 0.2) is 60.8 Å². The van der Waals surface area contributed by atoms with E-state index in [2.05, 4.69) is 77.4 Å². The van der Waals surface area contributed by atoms with Gasteiger partial charge in [-0.2, -0.15) is 5.26 Å². The van der Waals surface area contributed by atoms with Crippen molar-refractivity contribution in [1.82, 2.24) is 15.3 Å². The number of ether oxygens (including phenoxy) is 2. The highest BCUT2D eigenvalue weighted by Gasteiger charge is 2.17. The highest BCUT2D eigenvalue weighted by molar-refractivity contribution is 5.96. The fourth-order valence-electron chi connectivity index (χ4n) is 5.19. The molecule has 1 saturated heterocycles. The topological polar surface area (TPSA) is 124 Å². The third kappa shape index (κ3) is 8.20. The molecule has 2 aromatic carbocycles. The van der Waals surface area contributed by atoms with Crippen molar-refractivity contribution in [3.05, 3.63) is 66.4 Å². The smallest absolute Gasteiger partial charge is 0.138 e. The number of rotatable bonds is 10. The van der Waals surface area contributed by atoms with Gasteiger partial charge in [-0.05, 0) is 86.8 Å². The standard InChI is InChI=1S/C33H39N5O3.CH2O/c1-33(2,3)36-14-10-27(12-17-39)41-31-9-6-24(20-25(31)22-34)28-11-13-35-32-29(28)21-30(37-32)23-4-7-26(8-5-23)38-15-18-40-19-16-38;1-2/h4-9,11,13,20-21,27,36,39H,10,12,14-19H2,1-3H3,(H,35,37);1H2. The molecular formula is C34H41N5O4. The number of aromatic nitrogens is 2. The number of fused-ring (bicyclic) bond motifs is 1. The molecule has 5 rings (SSSR count). The lowest BCUT2D eigenvalue weighted by atomic mass is 10.0. The molecule has 1 aliphatic heterocycles. The number of hydrogen-bond donors (Lipinski definition) is 3. The minimum Gasteiger partial charge on any atom is -0.489 e. The zero-order chi connectivity index (χ0) is 30.8. The molecule has 9 heteroatoms. The normalized spacial score (nSPS) is 14.1. The maximum absolute atomic E-state index is 9.98. The number of aliphatic hydroxyl groups excluding tert-OH is 1. The number of aromatic amines is 1. The monoisotopic (exact) mass is 583 g/mol. The van der Waals surface area contributed by atoms with Crippen LogP contribution in [0.25, 0.3) is 33.4 Å². The number of H-pyrrole nitrogens is 1. The van der Waals surface area contributed by atoms with Crippen LogP contribution >= 0.6 is 0 Å². The van der Waals surface area contributed by atoms with E-state index in [1.165, 1.54) is 5.69 Å². The van der Waals surface area contributed by atoms with Gasteiger partial charge in [0.1, 0.15) is 30.4 Å². The SMILES string of the molecule is C=O.CC(C)(C)NCCC(CCO)Oc1ccc(-c2ccnc3[nH]c(-c4ccc(N5CCOCC5)cc4)cc23)cc1C#N. The summed E-state index contributed by atoms with van der Waals surface area (Å²) < 4.78 is 11.7. The Morgan fingerprint density at radius 3 is 2.49 bits per heavy atom. The Balaban J connectivity index is 0.00000207. The number of aliphatic hydroxyl groups is 1. The Bertz CT molecular complexity index is 1510. The number of nitrogens with zero attached hydrogens (tertiary/aromatic N) is 3. The number of hydrogen-bond acceptors (Lipinski definition) is 8. The van der Waals surface area contributed by atoms with Crippen LogP contribution in [0.5, 0.6) is 5.75 Å². The van der Waals surface area contributed by atoms with Gasteiger partial charge in [0.05, 0.1) is 18.8 Å². The van der Waals surface area contributed by atoms with Gasteiger partial charge in [-0.25, -0.2) is 4.98 Å². The first kappa shape index (κ1) is 31.7. The molecule has 4 aromatic rings. The van der Waals surface area contributed by atoms with Crippen LogP contribution in [0.1, 0.15) is 39.2 Å². The predicted molar refractivity (Wildman–Crippen MR) is 170 cm³/mol. The summed E-state index contributed by atoms with van der Waals surface area (Å²) in [5.74, 6) is 0.533. The van der Waals surface area contributed by atoms with Gasteiger partial charge in [-0.15, -0.1) is 0 Å². The molecule has 0 saturated carbocycles. The maximum Gasteiger partial charge on any atom is 0.138 e. The molecule has 3 N–H and O–H groups in total. The van der Waals surface area contributed by atoms with E-state index in [0.29, 0.717) is 17.7 Å². The Morgan fingerprint density at radius 2 is 1.81 bits per heavy atom. The van der Waals surface area contributed by atoms with Crippen molar-refractivity contribution in [2.24, 2.45) is 0 Å². The lowest BCUT2D eigenvalue weighted by molar-refractivity contribution is -0.0980. The summed E-state index contributed by atoms with van der Waals surface area (Å²) in [5, 5.41) is 24.0. The molecular weight excluding hydrogens is 542 g/mol. The summed E-state index contributed by atoms with van der Waals surface area (Å²) in [5.41, 5.74) is 6.45. The van der Waals surface area contributed by atoms with Gasteiger partial charge in [0, 0.05) is 54.6 Å². The molecule has 0 aliphatic carbocycles. The van der Waals surface area contributed by atoms with Crippen LogP contribution in [0.2, 0.25) is 0 Å². The van der Waals surface area contributed by atoms with Crippen molar-refractivity contribution in [2.75, 3.05) is 44.4 Å². The summed E-state index contributed by atoms with van der Waals surface area (Å²) >= 11 is 0. The average Bonchev–Trinajstić information content (AvgIpc) is 3.47. The molecule has 3 heterocycles. The molecule has 226 valence electrons. The van der Waals surface area contributed by atoms with Gasteiger partial charge in [0.2, 0.25) is 0 Å². The minimum atomic E-state index is -0.192. The number of benzene rings is 2. The largest absolute Gasteiger partial charge is 0.489 e. The second kappa shape index (κ2) is 14.8. The first-order valence-electron chi connectivity index (χ1n) is 14.6. The van der Waals surface area contributed by atoms with Crippen LogP contribution in [0.3, 0.4) is 0 Å². The molecule has 43 heavy (non-hydrogen) atoms. The third-order valence-corrected chi connectivity index (χ3v) is 7.36. The number of anilines is 1. The summed E-state index contributed by atoms with van der Waals surface area (Å²) in [6.45, 7) is 12.5. The van der Waals surface area contributed by atoms with E-state index in [0.717, 1.165) is 72.7 Å². The summed E-state index contributed by atoms with van der Waals surface area (Å²) in [7, 11) is 0. The molecule has 1 atom stereocenters.